The number of benzene rings is 3. The van der Waals surface area contributed by atoms with Gasteiger partial charge in [-0.05, 0) is 25.0 Å². The molecule has 3 heterocycles. The van der Waals surface area contributed by atoms with Gasteiger partial charge in [0.25, 0.3) is 11.8 Å². The second-order valence-electron chi connectivity index (χ2n) is 9.84. The van der Waals surface area contributed by atoms with E-state index in [1.54, 1.807) is 0 Å². The summed E-state index contributed by atoms with van der Waals surface area (Å²) in [6, 6.07) is 14.6. The van der Waals surface area contributed by atoms with E-state index >= 15 is 0 Å². The lowest BCUT2D eigenvalue weighted by Gasteiger charge is -2.38. The number of amides is 2. The minimum atomic E-state index is -1.28. The smallest absolute Gasteiger partial charge is 0.302 e. The number of carbonyl (C=O) groups excluding carboxylic acids is 3. The van der Waals surface area contributed by atoms with Gasteiger partial charge in [0.2, 0.25) is 0 Å². The van der Waals surface area contributed by atoms with Gasteiger partial charge in [-0.1, -0.05) is 36.4 Å². The maximum atomic E-state index is 13.2. The number of hydrogen-bond donors (Lipinski definition) is 4. The molecule has 0 radical (unpaired) electrons. The van der Waals surface area contributed by atoms with Gasteiger partial charge in [0.05, 0.1) is 28.2 Å². The lowest BCUT2D eigenvalue weighted by molar-refractivity contribution is -0.165. The molecule has 1 saturated carbocycles. The summed E-state index contributed by atoms with van der Waals surface area (Å²) < 4.78 is 7.23. The van der Waals surface area contributed by atoms with Gasteiger partial charge >= 0.3 is 5.97 Å². The van der Waals surface area contributed by atoms with Crippen molar-refractivity contribution in [3.63, 3.8) is 0 Å². The van der Waals surface area contributed by atoms with Gasteiger partial charge in [-0.15, -0.1) is 0 Å². The highest BCUT2D eigenvalue weighted by molar-refractivity contribution is 6.39. The van der Waals surface area contributed by atoms with Crippen LogP contribution in [0, 0.1) is 0 Å². The first kappa shape index (κ1) is 22.0. The average Bonchev–Trinajstić information content (AvgIpc) is 3.51. The number of fused-ring (bicyclic) bond motifs is 10. The second kappa shape index (κ2) is 7.64. The largest absolute Gasteiger partial charge is 0.460 e. The highest BCUT2D eigenvalue weighted by atomic mass is 16.6. The quantitative estimate of drug-likeness (QED) is 0.218. The van der Waals surface area contributed by atoms with Crippen molar-refractivity contribution >= 4 is 61.4 Å². The number of aliphatic hydroxyl groups is 2. The van der Waals surface area contributed by atoms with E-state index < -0.39 is 42.1 Å². The number of hydrogen-bond acceptors (Lipinski definition) is 6. The van der Waals surface area contributed by atoms with Crippen LogP contribution in [-0.4, -0.2) is 55.9 Å². The minimum absolute atomic E-state index is 0.316. The number of H-pyrrole nitrogens is 1. The molecule has 1 aliphatic carbocycles. The van der Waals surface area contributed by atoms with E-state index in [1.807, 2.05) is 53.1 Å². The Hall–Kier alpha value is -4.21. The van der Waals surface area contributed by atoms with Crippen LogP contribution in [-0.2, 0) is 9.53 Å². The number of nitrogens with zero attached hydrogens (tertiary/aromatic N) is 1. The Balaban J connectivity index is 1.61. The molecular formula is C28H23N3O6. The van der Waals surface area contributed by atoms with Crippen LogP contribution < -0.4 is 5.32 Å². The van der Waals surface area contributed by atoms with Crippen LogP contribution >= 0.6 is 0 Å². The third-order valence-electron chi connectivity index (χ3n) is 7.81. The lowest BCUT2D eigenvalue weighted by Crippen LogP contribution is -2.48. The standard InChI is InChI=1S/C28H23N3O6/c1-12(32)37-18-11-10-17(25(33)26(18)34)31-16-9-5-3-7-14(16)20-22-21(27(35)30-28(22)36)19-13-6-2-4-8-15(13)29-23(19)24(20)31/h2-9,17-18,25-26,29,33-34H,10-11H2,1H3,(H,30,35,36)/t17?,18-,25-,26+/m0/s1. The summed E-state index contributed by atoms with van der Waals surface area (Å²) in [6.45, 7) is 1.28. The van der Waals surface area contributed by atoms with Crippen molar-refractivity contribution in [2.24, 2.45) is 0 Å². The second-order valence-corrected chi connectivity index (χ2v) is 9.84. The fourth-order valence-corrected chi connectivity index (χ4v) is 6.37. The number of aromatic nitrogens is 2. The van der Waals surface area contributed by atoms with Gasteiger partial charge in [0.15, 0.2) is 0 Å². The summed E-state index contributed by atoms with van der Waals surface area (Å²) in [5, 5.41) is 27.5. The molecule has 2 amide bonds. The van der Waals surface area contributed by atoms with Gasteiger partial charge in [0.1, 0.15) is 18.3 Å². The topological polar surface area (TPSA) is 134 Å². The van der Waals surface area contributed by atoms with Crippen molar-refractivity contribution in [1.82, 2.24) is 14.9 Å². The monoisotopic (exact) mass is 497 g/mol. The number of imide groups is 1. The number of rotatable bonds is 2. The van der Waals surface area contributed by atoms with Crippen molar-refractivity contribution in [3.05, 3.63) is 59.7 Å². The van der Waals surface area contributed by atoms with Crippen LogP contribution in [0.25, 0.3) is 43.6 Å². The van der Waals surface area contributed by atoms with Crippen molar-refractivity contribution in [1.29, 1.82) is 0 Å². The summed E-state index contributed by atoms with van der Waals surface area (Å²) in [5.41, 5.74) is 3.59. The van der Waals surface area contributed by atoms with Crippen LogP contribution in [0.3, 0.4) is 0 Å². The maximum Gasteiger partial charge on any atom is 0.302 e. The SMILES string of the molecule is CC(=O)O[C@H]1CCC(n2c3ccccc3c3c4c(c5c6ccccc6[nH]c5c32)C(=O)NC4=O)[C@H](O)[C@@H]1O. The normalized spacial score (nSPS) is 23.8. The fourth-order valence-electron chi connectivity index (χ4n) is 6.37. The molecular weight excluding hydrogens is 474 g/mol. The van der Waals surface area contributed by atoms with Crippen molar-refractivity contribution < 1.29 is 29.3 Å². The third-order valence-corrected chi connectivity index (χ3v) is 7.81. The van der Waals surface area contributed by atoms with E-state index in [0.29, 0.717) is 45.8 Å². The van der Waals surface area contributed by atoms with E-state index in [-0.39, 0.29) is 0 Å². The van der Waals surface area contributed by atoms with Gasteiger partial charge < -0.3 is 24.5 Å². The molecule has 3 aromatic carbocycles. The summed E-state index contributed by atoms with van der Waals surface area (Å²) in [4.78, 5) is 41.3. The average molecular weight is 498 g/mol. The van der Waals surface area contributed by atoms with Crippen LogP contribution in [0.5, 0.6) is 0 Å². The van der Waals surface area contributed by atoms with E-state index in [9.17, 15) is 24.6 Å². The van der Waals surface area contributed by atoms with Gasteiger partial charge in [0, 0.05) is 39.5 Å². The molecule has 1 aliphatic heterocycles. The molecule has 9 heteroatoms. The Morgan fingerprint density at radius 2 is 1.59 bits per heavy atom. The number of carbonyl (C=O) groups is 3. The number of ether oxygens (including phenoxy) is 1. The van der Waals surface area contributed by atoms with Crippen molar-refractivity contribution in [3.8, 4) is 0 Å². The fraction of sp³-hybridized carbons (Fsp3) is 0.250. The van der Waals surface area contributed by atoms with E-state index in [1.165, 1.54) is 6.92 Å². The first-order valence-corrected chi connectivity index (χ1v) is 12.2. The molecule has 37 heavy (non-hydrogen) atoms. The molecule has 4 atom stereocenters. The molecule has 5 aromatic rings. The number of aliphatic hydroxyl groups excluding tert-OH is 2. The molecule has 9 nitrogen and oxygen atoms in total. The highest BCUT2D eigenvalue weighted by Crippen LogP contribution is 2.46. The van der Waals surface area contributed by atoms with E-state index in [2.05, 4.69) is 10.3 Å². The van der Waals surface area contributed by atoms with Crippen LogP contribution in [0.4, 0.5) is 0 Å². The zero-order valence-electron chi connectivity index (χ0n) is 19.8. The molecule has 7 rings (SSSR count). The Morgan fingerprint density at radius 3 is 2.35 bits per heavy atom. The van der Waals surface area contributed by atoms with Gasteiger partial charge in [-0.2, -0.15) is 0 Å². The van der Waals surface area contributed by atoms with Crippen LogP contribution in [0.2, 0.25) is 0 Å². The Kier molecular flexibility index (Phi) is 4.55. The molecule has 4 N–H and O–H groups in total. The Bertz CT molecular complexity index is 1820. The first-order valence-electron chi connectivity index (χ1n) is 12.2. The minimum Gasteiger partial charge on any atom is -0.460 e. The number of nitrogens with one attached hydrogen (secondary N) is 2. The first-order chi connectivity index (χ1) is 17.9. The predicted octanol–water partition coefficient (Wildman–Crippen LogP) is 3.30. The van der Waals surface area contributed by atoms with E-state index in [4.69, 9.17) is 4.74 Å². The molecule has 2 aromatic heterocycles. The Labute approximate surface area is 209 Å². The number of aromatic amines is 1. The van der Waals surface area contributed by atoms with Crippen LogP contribution in [0.1, 0.15) is 46.5 Å². The molecule has 0 bridgehead atoms. The zero-order valence-corrected chi connectivity index (χ0v) is 19.8. The summed E-state index contributed by atoms with van der Waals surface area (Å²) in [6.07, 6.45) is -2.54. The maximum absolute atomic E-state index is 13.2. The van der Waals surface area contributed by atoms with Gasteiger partial charge in [-0.25, -0.2) is 0 Å². The molecule has 2 aliphatic rings. The molecule has 1 unspecified atom stereocenters. The Morgan fingerprint density at radius 1 is 0.919 bits per heavy atom. The van der Waals surface area contributed by atoms with Crippen LogP contribution in [0.15, 0.2) is 48.5 Å². The molecule has 0 saturated heterocycles. The van der Waals surface area contributed by atoms with Crippen molar-refractivity contribution in [2.45, 2.75) is 44.1 Å². The van der Waals surface area contributed by atoms with Crippen molar-refractivity contribution in [2.75, 3.05) is 0 Å². The summed E-state index contributed by atoms with van der Waals surface area (Å²) in [5.74, 6) is -1.41. The summed E-state index contributed by atoms with van der Waals surface area (Å²) >= 11 is 0. The highest BCUT2D eigenvalue weighted by Gasteiger charge is 2.43. The zero-order chi connectivity index (χ0) is 25.6. The summed E-state index contributed by atoms with van der Waals surface area (Å²) in [7, 11) is 0. The third kappa shape index (κ3) is 2.89. The number of para-hydroxylation sites is 2. The molecule has 0 spiro atoms. The number of esters is 1. The lowest BCUT2D eigenvalue weighted by atomic mass is 9.87. The van der Waals surface area contributed by atoms with E-state index in [0.717, 1.165) is 21.8 Å². The molecule has 186 valence electrons. The predicted molar refractivity (Wildman–Crippen MR) is 136 cm³/mol. The molecule has 1 fully saturated rings. The van der Waals surface area contributed by atoms with Gasteiger partial charge in [-0.3, -0.25) is 19.7 Å².